The molecule has 20 heavy (non-hydrogen) atoms. The molecule has 1 saturated carbocycles. The highest BCUT2D eigenvalue weighted by Crippen LogP contribution is 2.31. The molecule has 1 heterocycles. The molecule has 1 N–H and O–H groups in total. The lowest BCUT2D eigenvalue weighted by atomic mass is 10.1. The summed E-state index contributed by atoms with van der Waals surface area (Å²) < 4.78 is 0. The Labute approximate surface area is 127 Å². The monoisotopic (exact) mass is 293 g/mol. The van der Waals surface area contributed by atoms with Crippen molar-refractivity contribution in [1.29, 1.82) is 0 Å². The maximum absolute atomic E-state index is 4.72. The van der Waals surface area contributed by atoms with E-state index in [9.17, 15) is 0 Å². The van der Waals surface area contributed by atoms with Gasteiger partial charge in [0.05, 0.1) is 5.75 Å². The Kier molecular flexibility index (Phi) is 6.30. The Bertz CT molecular complexity index is 405. The zero-order valence-electron chi connectivity index (χ0n) is 13.0. The van der Waals surface area contributed by atoms with Crippen molar-refractivity contribution in [2.24, 2.45) is 0 Å². The van der Waals surface area contributed by atoms with E-state index in [0.717, 1.165) is 36.2 Å². The second-order valence-corrected chi connectivity index (χ2v) is 7.00. The fraction of sp³-hybridized carbons (Fsp3) is 0.750. The first kappa shape index (κ1) is 15.8. The maximum atomic E-state index is 4.72. The molecular weight excluding hydrogens is 266 g/mol. The first-order chi connectivity index (χ1) is 9.70. The molecule has 0 aliphatic heterocycles. The summed E-state index contributed by atoms with van der Waals surface area (Å²) in [5, 5.41) is 4.04. The lowest BCUT2D eigenvalue weighted by molar-refractivity contribution is 0.713. The molecule has 0 bridgehead atoms. The van der Waals surface area contributed by atoms with Gasteiger partial charge in [-0.05, 0) is 58.7 Å². The summed E-state index contributed by atoms with van der Waals surface area (Å²) in [5.74, 6) is 2.00. The van der Waals surface area contributed by atoms with E-state index >= 15 is 0 Å². The average Bonchev–Trinajstić information content (AvgIpc) is 2.93. The van der Waals surface area contributed by atoms with Crippen LogP contribution in [0.5, 0.6) is 0 Å². The lowest BCUT2D eigenvalue weighted by Crippen LogP contribution is -2.11. The van der Waals surface area contributed by atoms with Crippen LogP contribution in [0.2, 0.25) is 0 Å². The third kappa shape index (κ3) is 4.45. The van der Waals surface area contributed by atoms with E-state index in [2.05, 4.69) is 19.2 Å². The summed E-state index contributed by atoms with van der Waals surface area (Å²) in [4.78, 5) is 9.44. The van der Waals surface area contributed by atoms with Gasteiger partial charge in [-0.1, -0.05) is 12.8 Å². The predicted octanol–water partition coefficient (Wildman–Crippen LogP) is 3.42. The van der Waals surface area contributed by atoms with Crippen LogP contribution in [0.3, 0.4) is 0 Å². The standard InChI is InChI=1S/C16H27N3S/c1-12-15(9-6-10-17-3)13(2)19-16(18-12)11-20-14-7-4-5-8-14/h14,17H,4-11H2,1-3H3. The molecule has 112 valence electrons. The molecule has 0 radical (unpaired) electrons. The largest absolute Gasteiger partial charge is 0.320 e. The first-order valence-corrected chi connectivity index (χ1v) is 8.84. The van der Waals surface area contributed by atoms with Gasteiger partial charge < -0.3 is 5.32 Å². The van der Waals surface area contributed by atoms with E-state index in [1.165, 1.54) is 42.6 Å². The molecule has 1 fully saturated rings. The van der Waals surface area contributed by atoms with Crippen molar-refractivity contribution in [3.05, 3.63) is 22.8 Å². The van der Waals surface area contributed by atoms with Crippen LogP contribution in [0.4, 0.5) is 0 Å². The lowest BCUT2D eigenvalue weighted by Gasteiger charge is -2.12. The normalized spacial score (nSPS) is 15.9. The molecule has 0 amide bonds. The summed E-state index contributed by atoms with van der Waals surface area (Å²) in [7, 11) is 2.00. The van der Waals surface area contributed by atoms with Crippen molar-refractivity contribution in [3.8, 4) is 0 Å². The quantitative estimate of drug-likeness (QED) is 0.782. The molecule has 1 aliphatic carbocycles. The molecule has 4 heteroatoms. The van der Waals surface area contributed by atoms with Crippen LogP contribution >= 0.6 is 11.8 Å². The third-order valence-electron chi connectivity index (χ3n) is 4.07. The first-order valence-electron chi connectivity index (χ1n) is 7.80. The van der Waals surface area contributed by atoms with Crippen molar-refractivity contribution in [2.75, 3.05) is 13.6 Å². The number of hydrogen-bond acceptors (Lipinski definition) is 4. The number of nitrogens with zero attached hydrogens (tertiary/aromatic N) is 2. The van der Waals surface area contributed by atoms with Crippen LogP contribution in [0.15, 0.2) is 0 Å². The second kappa shape index (κ2) is 7.99. The van der Waals surface area contributed by atoms with Gasteiger partial charge in [-0.2, -0.15) is 11.8 Å². The molecule has 0 aromatic carbocycles. The number of aromatic nitrogens is 2. The van der Waals surface area contributed by atoms with E-state index in [4.69, 9.17) is 9.97 Å². The summed E-state index contributed by atoms with van der Waals surface area (Å²) in [6, 6.07) is 0. The van der Waals surface area contributed by atoms with Crippen molar-refractivity contribution < 1.29 is 0 Å². The maximum Gasteiger partial charge on any atom is 0.138 e. The number of rotatable bonds is 7. The zero-order chi connectivity index (χ0) is 14.4. The number of aryl methyl sites for hydroxylation is 2. The zero-order valence-corrected chi connectivity index (χ0v) is 13.9. The van der Waals surface area contributed by atoms with Gasteiger partial charge in [0.15, 0.2) is 0 Å². The minimum Gasteiger partial charge on any atom is -0.320 e. The van der Waals surface area contributed by atoms with Gasteiger partial charge >= 0.3 is 0 Å². The van der Waals surface area contributed by atoms with Crippen LogP contribution in [0.1, 0.15) is 54.9 Å². The summed E-state index contributed by atoms with van der Waals surface area (Å²) in [6.07, 6.45) is 7.80. The van der Waals surface area contributed by atoms with E-state index in [1.807, 2.05) is 18.8 Å². The Morgan fingerprint density at radius 2 is 1.80 bits per heavy atom. The van der Waals surface area contributed by atoms with Gasteiger partial charge in [0, 0.05) is 16.6 Å². The Morgan fingerprint density at radius 3 is 2.40 bits per heavy atom. The highest BCUT2D eigenvalue weighted by atomic mass is 32.2. The average molecular weight is 293 g/mol. The predicted molar refractivity (Wildman–Crippen MR) is 87.3 cm³/mol. The minimum absolute atomic E-state index is 0.842. The van der Waals surface area contributed by atoms with Crippen LogP contribution in [0.25, 0.3) is 0 Å². The topological polar surface area (TPSA) is 37.8 Å². The van der Waals surface area contributed by atoms with Crippen LogP contribution in [-0.2, 0) is 12.2 Å². The highest BCUT2D eigenvalue weighted by molar-refractivity contribution is 7.99. The van der Waals surface area contributed by atoms with Crippen LogP contribution in [0, 0.1) is 13.8 Å². The Hall–Kier alpha value is -0.610. The smallest absolute Gasteiger partial charge is 0.138 e. The van der Waals surface area contributed by atoms with Crippen LogP contribution in [-0.4, -0.2) is 28.8 Å². The van der Waals surface area contributed by atoms with Gasteiger partial charge in [0.2, 0.25) is 0 Å². The second-order valence-electron chi connectivity index (χ2n) is 5.71. The van der Waals surface area contributed by atoms with Crippen molar-refractivity contribution >= 4 is 11.8 Å². The SMILES string of the molecule is CNCCCc1c(C)nc(CSC2CCCC2)nc1C. The molecule has 1 aliphatic rings. The van der Waals surface area contributed by atoms with E-state index < -0.39 is 0 Å². The van der Waals surface area contributed by atoms with Gasteiger partial charge in [0.25, 0.3) is 0 Å². The minimum atomic E-state index is 0.842. The van der Waals surface area contributed by atoms with Crippen molar-refractivity contribution in [1.82, 2.24) is 15.3 Å². The molecule has 0 atom stereocenters. The molecule has 1 aromatic heterocycles. The Morgan fingerprint density at radius 1 is 1.15 bits per heavy atom. The van der Waals surface area contributed by atoms with E-state index in [1.54, 1.807) is 0 Å². The summed E-state index contributed by atoms with van der Waals surface area (Å²) in [5.41, 5.74) is 3.70. The van der Waals surface area contributed by atoms with Gasteiger partial charge in [-0.25, -0.2) is 9.97 Å². The number of thioether (sulfide) groups is 1. The number of nitrogens with one attached hydrogen (secondary N) is 1. The van der Waals surface area contributed by atoms with Crippen molar-refractivity contribution in [3.63, 3.8) is 0 Å². The Balaban J connectivity index is 1.93. The molecule has 3 nitrogen and oxygen atoms in total. The van der Waals surface area contributed by atoms with Crippen molar-refractivity contribution in [2.45, 2.75) is 63.4 Å². The van der Waals surface area contributed by atoms with Gasteiger partial charge in [0.1, 0.15) is 5.82 Å². The van der Waals surface area contributed by atoms with E-state index in [-0.39, 0.29) is 0 Å². The number of hydrogen-bond donors (Lipinski definition) is 1. The fourth-order valence-corrected chi connectivity index (χ4v) is 4.11. The van der Waals surface area contributed by atoms with Crippen LogP contribution < -0.4 is 5.32 Å². The molecular formula is C16H27N3S. The van der Waals surface area contributed by atoms with Gasteiger partial charge in [-0.15, -0.1) is 0 Å². The highest BCUT2D eigenvalue weighted by Gasteiger charge is 2.16. The molecule has 1 aromatic rings. The molecule has 0 saturated heterocycles. The summed E-state index contributed by atoms with van der Waals surface area (Å²) in [6.45, 7) is 5.32. The molecule has 2 rings (SSSR count). The summed E-state index contributed by atoms with van der Waals surface area (Å²) >= 11 is 2.05. The van der Waals surface area contributed by atoms with E-state index in [0.29, 0.717) is 0 Å². The van der Waals surface area contributed by atoms with Gasteiger partial charge in [-0.3, -0.25) is 0 Å². The molecule has 0 unspecified atom stereocenters. The molecule has 0 spiro atoms. The fourth-order valence-electron chi connectivity index (χ4n) is 2.92. The third-order valence-corrected chi connectivity index (χ3v) is 5.44.